The molecule has 1 saturated carbocycles. The van der Waals surface area contributed by atoms with Crippen molar-refractivity contribution in [1.29, 1.82) is 0 Å². The van der Waals surface area contributed by atoms with Gasteiger partial charge in [0.1, 0.15) is 0 Å². The second-order valence-electron chi connectivity index (χ2n) is 5.15. The third-order valence-corrected chi connectivity index (χ3v) is 4.12. The number of para-hydroxylation sites is 1. The Labute approximate surface area is 112 Å². The number of carbonyl (C=O) groups excluding carboxylic acids is 1. The van der Waals surface area contributed by atoms with E-state index in [9.17, 15) is 9.59 Å². The first kappa shape index (κ1) is 13.6. The van der Waals surface area contributed by atoms with Gasteiger partial charge in [0.15, 0.2) is 0 Å². The summed E-state index contributed by atoms with van der Waals surface area (Å²) < 4.78 is 0. The van der Waals surface area contributed by atoms with E-state index in [1.165, 1.54) is 6.07 Å². The third-order valence-electron chi connectivity index (χ3n) is 4.12. The lowest BCUT2D eigenvalue weighted by Gasteiger charge is -2.26. The average Bonchev–Trinajstić information content (AvgIpc) is 2.89. The highest BCUT2D eigenvalue weighted by molar-refractivity contribution is 6.02. The maximum Gasteiger partial charge on any atom is 0.337 e. The summed E-state index contributed by atoms with van der Waals surface area (Å²) in [4.78, 5) is 23.6. The molecule has 0 bridgehead atoms. The number of carbonyl (C=O) groups is 2. The van der Waals surface area contributed by atoms with E-state index in [4.69, 9.17) is 5.11 Å². The van der Waals surface area contributed by atoms with E-state index < -0.39 is 5.97 Å². The molecule has 2 rings (SSSR count). The summed E-state index contributed by atoms with van der Waals surface area (Å²) in [5.41, 5.74) is 0.214. The predicted octanol–water partition coefficient (Wildman–Crippen LogP) is 3.29. The Hall–Kier alpha value is -1.84. The van der Waals surface area contributed by atoms with Crippen LogP contribution in [0.4, 0.5) is 5.69 Å². The highest BCUT2D eigenvalue weighted by Crippen LogP contribution is 2.42. The molecule has 0 unspecified atom stereocenters. The van der Waals surface area contributed by atoms with Crippen molar-refractivity contribution in [3.8, 4) is 0 Å². The molecular weight excluding hydrogens is 242 g/mol. The normalized spacial score (nSPS) is 17.1. The maximum absolute atomic E-state index is 12.4. The SMILES string of the molecule is CCC1(C(=O)Nc2ccccc2C(=O)O)CCCC1. The van der Waals surface area contributed by atoms with Gasteiger partial charge in [-0.3, -0.25) is 4.79 Å². The number of nitrogens with one attached hydrogen (secondary N) is 1. The first-order valence-electron chi connectivity index (χ1n) is 6.73. The van der Waals surface area contributed by atoms with Crippen LogP contribution in [-0.2, 0) is 4.79 Å². The summed E-state index contributed by atoms with van der Waals surface area (Å²) in [7, 11) is 0. The fourth-order valence-corrected chi connectivity index (χ4v) is 2.83. The number of benzene rings is 1. The van der Waals surface area contributed by atoms with Crippen molar-refractivity contribution in [3.05, 3.63) is 29.8 Å². The number of anilines is 1. The fourth-order valence-electron chi connectivity index (χ4n) is 2.83. The number of hydrogen-bond donors (Lipinski definition) is 2. The van der Waals surface area contributed by atoms with Crippen molar-refractivity contribution in [3.63, 3.8) is 0 Å². The van der Waals surface area contributed by atoms with Crippen molar-refractivity contribution in [2.24, 2.45) is 5.41 Å². The highest BCUT2D eigenvalue weighted by atomic mass is 16.4. The quantitative estimate of drug-likeness (QED) is 0.874. The maximum atomic E-state index is 12.4. The molecule has 0 heterocycles. The average molecular weight is 261 g/mol. The van der Waals surface area contributed by atoms with Crippen LogP contribution in [0, 0.1) is 5.41 Å². The lowest BCUT2D eigenvalue weighted by atomic mass is 9.82. The second-order valence-corrected chi connectivity index (χ2v) is 5.15. The fraction of sp³-hybridized carbons (Fsp3) is 0.467. The second kappa shape index (κ2) is 5.43. The van der Waals surface area contributed by atoms with Crippen molar-refractivity contribution in [2.45, 2.75) is 39.0 Å². The van der Waals surface area contributed by atoms with Crippen LogP contribution in [0.25, 0.3) is 0 Å². The van der Waals surface area contributed by atoms with Crippen LogP contribution in [0.5, 0.6) is 0 Å². The van der Waals surface area contributed by atoms with Crippen LogP contribution in [0.2, 0.25) is 0 Å². The predicted molar refractivity (Wildman–Crippen MR) is 73.2 cm³/mol. The third kappa shape index (κ3) is 2.62. The lowest BCUT2D eigenvalue weighted by Crippen LogP contribution is -2.33. The molecule has 19 heavy (non-hydrogen) atoms. The zero-order valence-corrected chi connectivity index (χ0v) is 11.1. The Morgan fingerprint density at radius 2 is 1.89 bits per heavy atom. The standard InChI is InChI=1S/C15H19NO3/c1-2-15(9-5-6-10-15)14(19)16-12-8-4-3-7-11(12)13(17)18/h3-4,7-8H,2,5-6,9-10H2,1H3,(H,16,19)(H,17,18). The smallest absolute Gasteiger partial charge is 0.337 e. The molecular formula is C15H19NO3. The topological polar surface area (TPSA) is 66.4 Å². The Morgan fingerprint density at radius 3 is 2.47 bits per heavy atom. The lowest BCUT2D eigenvalue weighted by molar-refractivity contribution is -0.125. The minimum Gasteiger partial charge on any atom is -0.478 e. The summed E-state index contributed by atoms with van der Waals surface area (Å²) in [5.74, 6) is -1.06. The van der Waals surface area contributed by atoms with Gasteiger partial charge in [0, 0.05) is 5.41 Å². The van der Waals surface area contributed by atoms with Gasteiger partial charge < -0.3 is 10.4 Å². The monoisotopic (exact) mass is 261 g/mol. The van der Waals surface area contributed by atoms with E-state index in [0.29, 0.717) is 5.69 Å². The molecule has 1 aromatic rings. The van der Waals surface area contributed by atoms with Gasteiger partial charge in [-0.25, -0.2) is 4.79 Å². The molecule has 0 spiro atoms. The van der Waals surface area contributed by atoms with Gasteiger partial charge in [-0.15, -0.1) is 0 Å². The minimum atomic E-state index is -1.02. The number of amides is 1. The van der Waals surface area contributed by atoms with Crippen molar-refractivity contribution in [2.75, 3.05) is 5.32 Å². The van der Waals surface area contributed by atoms with E-state index >= 15 is 0 Å². The number of aromatic carboxylic acids is 1. The largest absolute Gasteiger partial charge is 0.478 e. The molecule has 1 fully saturated rings. The molecule has 102 valence electrons. The van der Waals surface area contributed by atoms with Crippen LogP contribution >= 0.6 is 0 Å². The summed E-state index contributed by atoms with van der Waals surface area (Å²) >= 11 is 0. The Morgan fingerprint density at radius 1 is 1.26 bits per heavy atom. The molecule has 1 aliphatic rings. The zero-order chi connectivity index (χ0) is 13.9. The molecule has 0 atom stereocenters. The molecule has 1 aliphatic carbocycles. The van der Waals surface area contributed by atoms with Crippen LogP contribution in [0.1, 0.15) is 49.4 Å². The molecule has 1 aromatic carbocycles. The van der Waals surface area contributed by atoms with Gasteiger partial charge in [-0.1, -0.05) is 31.9 Å². The molecule has 0 radical (unpaired) electrons. The number of carboxylic acid groups (broad SMARTS) is 1. The van der Waals surface area contributed by atoms with E-state index in [1.54, 1.807) is 18.2 Å². The van der Waals surface area contributed by atoms with Crippen molar-refractivity contribution in [1.82, 2.24) is 0 Å². The Kier molecular flexibility index (Phi) is 3.88. The summed E-state index contributed by atoms with van der Waals surface area (Å²) in [6.45, 7) is 2.02. The van der Waals surface area contributed by atoms with E-state index in [2.05, 4.69) is 5.32 Å². The van der Waals surface area contributed by atoms with Crippen molar-refractivity contribution < 1.29 is 14.7 Å². The molecule has 0 aromatic heterocycles. The summed E-state index contributed by atoms with van der Waals surface area (Å²) in [5, 5.41) is 11.9. The van der Waals surface area contributed by atoms with Gasteiger partial charge in [-0.05, 0) is 31.4 Å². The number of carboxylic acids is 1. The highest BCUT2D eigenvalue weighted by Gasteiger charge is 2.39. The van der Waals surface area contributed by atoms with Gasteiger partial charge in [0.05, 0.1) is 11.3 Å². The molecule has 0 aliphatic heterocycles. The van der Waals surface area contributed by atoms with Gasteiger partial charge in [0.25, 0.3) is 0 Å². The van der Waals surface area contributed by atoms with Gasteiger partial charge in [0.2, 0.25) is 5.91 Å². The van der Waals surface area contributed by atoms with Gasteiger partial charge in [-0.2, -0.15) is 0 Å². The van der Waals surface area contributed by atoms with Gasteiger partial charge >= 0.3 is 5.97 Å². The van der Waals surface area contributed by atoms with Crippen molar-refractivity contribution >= 4 is 17.6 Å². The van der Waals surface area contributed by atoms with Crippen LogP contribution in [-0.4, -0.2) is 17.0 Å². The molecule has 0 saturated heterocycles. The summed E-state index contributed by atoms with van der Waals surface area (Å²) in [6, 6.07) is 6.53. The van der Waals surface area contributed by atoms with E-state index in [-0.39, 0.29) is 16.9 Å². The first-order chi connectivity index (χ1) is 9.09. The molecule has 4 nitrogen and oxygen atoms in total. The summed E-state index contributed by atoms with van der Waals surface area (Å²) in [6.07, 6.45) is 4.73. The molecule has 4 heteroatoms. The van der Waals surface area contributed by atoms with Crippen LogP contribution in [0.3, 0.4) is 0 Å². The Balaban J connectivity index is 2.21. The Bertz CT molecular complexity index is 490. The number of hydrogen-bond acceptors (Lipinski definition) is 2. The van der Waals surface area contributed by atoms with E-state index in [0.717, 1.165) is 32.1 Å². The van der Waals surface area contributed by atoms with Crippen LogP contribution < -0.4 is 5.32 Å². The van der Waals surface area contributed by atoms with E-state index in [1.807, 2.05) is 6.92 Å². The minimum absolute atomic E-state index is 0.0406. The first-order valence-corrected chi connectivity index (χ1v) is 6.73. The zero-order valence-electron chi connectivity index (χ0n) is 11.1. The molecule has 1 amide bonds. The van der Waals surface area contributed by atoms with Crippen LogP contribution in [0.15, 0.2) is 24.3 Å². The number of rotatable bonds is 4. The molecule has 2 N–H and O–H groups in total.